The molecule has 0 bridgehead atoms. The maximum absolute atomic E-state index is 4.46. The molecule has 3 heterocycles. The maximum Gasteiger partial charge on any atom is 0.191 e. The van der Waals surface area contributed by atoms with Crippen LogP contribution >= 0.6 is 11.3 Å². The van der Waals surface area contributed by atoms with E-state index in [4.69, 9.17) is 0 Å². The van der Waals surface area contributed by atoms with Crippen molar-refractivity contribution in [2.75, 3.05) is 46.3 Å². The fourth-order valence-corrected chi connectivity index (χ4v) is 4.96. The SMILES string of the molecule is CCCN1CCC(NC(=NC)NCC2CCN(Cc3cccs3)CC2)CC1. The van der Waals surface area contributed by atoms with Crippen LogP contribution in [-0.4, -0.2) is 68.1 Å². The van der Waals surface area contributed by atoms with E-state index in [9.17, 15) is 0 Å². The van der Waals surface area contributed by atoms with Gasteiger partial charge in [0.2, 0.25) is 0 Å². The first-order valence-electron chi connectivity index (χ1n) is 10.7. The summed E-state index contributed by atoms with van der Waals surface area (Å²) in [5.74, 6) is 1.75. The van der Waals surface area contributed by atoms with Crippen molar-refractivity contribution < 1.29 is 0 Å². The number of nitrogens with zero attached hydrogens (tertiary/aromatic N) is 3. The molecular formula is C21H37N5S. The van der Waals surface area contributed by atoms with Crippen LogP contribution in [0.15, 0.2) is 22.5 Å². The molecule has 2 aliphatic heterocycles. The number of guanidine groups is 1. The summed E-state index contributed by atoms with van der Waals surface area (Å²) in [5.41, 5.74) is 0. The van der Waals surface area contributed by atoms with Crippen molar-refractivity contribution in [2.24, 2.45) is 10.9 Å². The first-order valence-corrected chi connectivity index (χ1v) is 11.6. The van der Waals surface area contributed by atoms with E-state index in [1.165, 1.54) is 69.7 Å². The van der Waals surface area contributed by atoms with Crippen molar-refractivity contribution in [3.05, 3.63) is 22.4 Å². The molecular weight excluding hydrogens is 354 g/mol. The summed E-state index contributed by atoms with van der Waals surface area (Å²) in [4.78, 5) is 11.1. The Hall–Kier alpha value is -1.11. The lowest BCUT2D eigenvalue weighted by molar-refractivity contribution is 0.179. The van der Waals surface area contributed by atoms with Gasteiger partial charge in [0, 0.05) is 44.1 Å². The molecule has 0 unspecified atom stereocenters. The Bertz CT molecular complexity index is 543. The molecule has 2 aliphatic rings. The average Bonchev–Trinajstić information content (AvgIpc) is 3.21. The molecule has 2 saturated heterocycles. The zero-order chi connectivity index (χ0) is 18.9. The largest absolute Gasteiger partial charge is 0.356 e. The molecule has 6 heteroatoms. The monoisotopic (exact) mass is 391 g/mol. The Morgan fingerprint density at radius 2 is 1.89 bits per heavy atom. The van der Waals surface area contributed by atoms with E-state index in [1.807, 2.05) is 18.4 Å². The predicted octanol–water partition coefficient (Wildman–Crippen LogP) is 3.00. The number of nitrogens with one attached hydrogen (secondary N) is 2. The van der Waals surface area contributed by atoms with Gasteiger partial charge in [-0.2, -0.15) is 0 Å². The standard InChI is InChI=1S/C21H37N5S/c1-3-10-25-13-8-19(9-14-25)24-21(22-2)23-16-18-6-11-26(12-7-18)17-20-5-4-15-27-20/h4-5,15,18-19H,3,6-14,16-17H2,1-2H3,(H2,22,23,24). The summed E-state index contributed by atoms with van der Waals surface area (Å²) in [6.07, 6.45) is 6.27. The van der Waals surface area contributed by atoms with Gasteiger partial charge in [0.15, 0.2) is 5.96 Å². The smallest absolute Gasteiger partial charge is 0.191 e. The van der Waals surface area contributed by atoms with Crippen LogP contribution in [0.25, 0.3) is 0 Å². The van der Waals surface area contributed by atoms with Crippen LogP contribution in [0.3, 0.4) is 0 Å². The highest BCUT2D eigenvalue weighted by Gasteiger charge is 2.21. The minimum atomic E-state index is 0.567. The molecule has 152 valence electrons. The molecule has 2 fully saturated rings. The molecule has 0 saturated carbocycles. The molecule has 0 atom stereocenters. The van der Waals surface area contributed by atoms with Gasteiger partial charge >= 0.3 is 0 Å². The number of hydrogen-bond acceptors (Lipinski definition) is 4. The third-order valence-electron chi connectivity index (χ3n) is 5.92. The molecule has 27 heavy (non-hydrogen) atoms. The summed E-state index contributed by atoms with van der Waals surface area (Å²) in [5, 5.41) is 9.42. The highest BCUT2D eigenvalue weighted by atomic mass is 32.1. The molecule has 0 radical (unpaired) electrons. The lowest BCUT2D eigenvalue weighted by Crippen LogP contribution is -2.50. The van der Waals surface area contributed by atoms with Crippen LogP contribution < -0.4 is 10.6 Å². The third kappa shape index (κ3) is 6.77. The molecule has 0 spiro atoms. The van der Waals surface area contributed by atoms with Crippen LogP contribution in [0.2, 0.25) is 0 Å². The summed E-state index contributed by atoms with van der Waals surface area (Å²) in [6.45, 7) is 10.5. The van der Waals surface area contributed by atoms with Crippen molar-refractivity contribution in [2.45, 2.75) is 51.6 Å². The number of aliphatic imine (C=N–C) groups is 1. The fraction of sp³-hybridized carbons (Fsp3) is 0.762. The van der Waals surface area contributed by atoms with Gasteiger partial charge in [-0.25, -0.2) is 0 Å². The molecule has 1 aromatic heterocycles. The molecule has 0 aliphatic carbocycles. The van der Waals surface area contributed by atoms with Crippen molar-refractivity contribution in [1.82, 2.24) is 20.4 Å². The van der Waals surface area contributed by atoms with E-state index in [1.54, 1.807) is 0 Å². The molecule has 1 aromatic rings. The maximum atomic E-state index is 4.46. The van der Waals surface area contributed by atoms with Crippen LogP contribution in [0, 0.1) is 5.92 Å². The van der Waals surface area contributed by atoms with Crippen molar-refractivity contribution in [3.8, 4) is 0 Å². The lowest BCUT2D eigenvalue weighted by Gasteiger charge is -2.34. The molecule has 5 nitrogen and oxygen atoms in total. The first kappa shape index (κ1) is 20.6. The van der Waals surface area contributed by atoms with Crippen molar-refractivity contribution >= 4 is 17.3 Å². The Morgan fingerprint density at radius 1 is 1.15 bits per heavy atom. The van der Waals surface area contributed by atoms with E-state index < -0.39 is 0 Å². The highest BCUT2D eigenvalue weighted by Crippen LogP contribution is 2.20. The number of hydrogen-bond donors (Lipinski definition) is 2. The van der Waals surface area contributed by atoms with E-state index in [2.05, 4.69) is 49.9 Å². The minimum Gasteiger partial charge on any atom is -0.356 e. The fourth-order valence-electron chi connectivity index (χ4n) is 4.22. The zero-order valence-corrected chi connectivity index (χ0v) is 17.9. The quantitative estimate of drug-likeness (QED) is 0.554. The van der Waals surface area contributed by atoms with Crippen LogP contribution in [0.5, 0.6) is 0 Å². The number of thiophene rings is 1. The van der Waals surface area contributed by atoms with Gasteiger partial charge in [-0.05, 0) is 69.1 Å². The number of rotatable bonds is 7. The van der Waals surface area contributed by atoms with Gasteiger partial charge in [-0.3, -0.25) is 9.89 Å². The Balaban J connectivity index is 1.32. The Morgan fingerprint density at radius 3 is 2.52 bits per heavy atom. The third-order valence-corrected chi connectivity index (χ3v) is 6.78. The topological polar surface area (TPSA) is 42.9 Å². The van der Waals surface area contributed by atoms with Crippen molar-refractivity contribution in [1.29, 1.82) is 0 Å². The summed E-state index contributed by atoms with van der Waals surface area (Å²) in [6, 6.07) is 4.97. The average molecular weight is 392 g/mol. The number of piperidine rings is 2. The highest BCUT2D eigenvalue weighted by molar-refractivity contribution is 7.09. The number of likely N-dealkylation sites (tertiary alicyclic amines) is 2. The van der Waals surface area contributed by atoms with Gasteiger partial charge < -0.3 is 15.5 Å². The van der Waals surface area contributed by atoms with E-state index in [0.717, 1.165) is 25.0 Å². The summed E-state index contributed by atoms with van der Waals surface area (Å²) in [7, 11) is 1.89. The first-order chi connectivity index (χ1) is 13.3. The molecule has 0 aromatic carbocycles. The van der Waals surface area contributed by atoms with Gasteiger partial charge in [0.1, 0.15) is 0 Å². The Kier molecular flexibility index (Phi) is 8.42. The predicted molar refractivity (Wildman–Crippen MR) is 117 cm³/mol. The molecule has 0 amide bonds. The van der Waals surface area contributed by atoms with E-state index in [0.29, 0.717) is 6.04 Å². The zero-order valence-electron chi connectivity index (χ0n) is 17.1. The van der Waals surface area contributed by atoms with Gasteiger partial charge in [-0.1, -0.05) is 13.0 Å². The van der Waals surface area contributed by atoms with Crippen LogP contribution in [-0.2, 0) is 6.54 Å². The Labute approximate surface area is 169 Å². The summed E-state index contributed by atoms with van der Waals surface area (Å²) < 4.78 is 0. The second-order valence-electron chi connectivity index (χ2n) is 8.01. The van der Waals surface area contributed by atoms with E-state index in [-0.39, 0.29) is 0 Å². The molecule has 2 N–H and O–H groups in total. The van der Waals surface area contributed by atoms with E-state index >= 15 is 0 Å². The minimum absolute atomic E-state index is 0.567. The van der Waals surface area contributed by atoms with Gasteiger partial charge in [0.05, 0.1) is 0 Å². The summed E-state index contributed by atoms with van der Waals surface area (Å²) >= 11 is 1.87. The lowest BCUT2D eigenvalue weighted by atomic mass is 9.97. The van der Waals surface area contributed by atoms with Crippen LogP contribution in [0.4, 0.5) is 0 Å². The second-order valence-corrected chi connectivity index (χ2v) is 9.04. The van der Waals surface area contributed by atoms with Crippen LogP contribution in [0.1, 0.15) is 43.9 Å². The van der Waals surface area contributed by atoms with Gasteiger partial charge in [0.25, 0.3) is 0 Å². The normalized spacial score (nSPS) is 21.5. The second kappa shape index (κ2) is 11.0. The van der Waals surface area contributed by atoms with Gasteiger partial charge in [-0.15, -0.1) is 11.3 Å². The molecule has 3 rings (SSSR count). The van der Waals surface area contributed by atoms with Crippen molar-refractivity contribution in [3.63, 3.8) is 0 Å².